The lowest BCUT2D eigenvalue weighted by Crippen LogP contribution is -2.34. The minimum Gasteiger partial charge on any atom is -0.497 e. The Morgan fingerprint density at radius 1 is 0.893 bits per heavy atom. The Hall–Kier alpha value is -2.76. The van der Waals surface area contributed by atoms with Gasteiger partial charge in [0, 0.05) is 11.6 Å². The van der Waals surface area contributed by atoms with E-state index in [-0.39, 0.29) is 11.3 Å². The summed E-state index contributed by atoms with van der Waals surface area (Å²) >= 11 is 0. The number of nitroso groups, excluding NO2 is 1. The van der Waals surface area contributed by atoms with Crippen molar-refractivity contribution in [1.29, 1.82) is 0 Å². The Balaban J connectivity index is 2.19. The first-order valence-corrected chi connectivity index (χ1v) is 9.22. The summed E-state index contributed by atoms with van der Waals surface area (Å²) in [6, 6.07) is 9.21. The number of rotatable bonds is 6. The molecule has 1 aliphatic rings. The van der Waals surface area contributed by atoms with E-state index in [0.29, 0.717) is 29.4 Å². The van der Waals surface area contributed by atoms with Gasteiger partial charge in [0.25, 0.3) is 0 Å². The van der Waals surface area contributed by atoms with Gasteiger partial charge in [-0.3, -0.25) is 0 Å². The predicted octanol–water partition coefficient (Wildman–Crippen LogP) is 4.99. The molecule has 0 N–H and O–H groups in total. The number of methoxy groups -OCH3 is 4. The highest BCUT2D eigenvalue weighted by Crippen LogP contribution is 2.55. The third-order valence-electron chi connectivity index (χ3n) is 5.87. The van der Waals surface area contributed by atoms with E-state index >= 15 is 0 Å². The highest BCUT2D eigenvalue weighted by molar-refractivity contribution is 5.55. The second-order valence-corrected chi connectivity index (χ2v) is 7.54. The molecule has 0 aliphatic heterocycles. The maximum Gasteiger partial charge on any atom is 0.160 e. The molecule has 150 valence electrons. The van der Waals surface area contributed by atoms with Crippen LogP contribution in [0.1, 0.15) is 48.9 Å². The Kier molecular flexibility index (Phi) is 5.49. The summed E-state index contributed by atoms with van der Waals surface area (Å²) in [6.07, 6.45) is 0.585. The first-order chi connectivity index (χ1) is 13.4. The summed E-state index contributed by atoms with van der Waals surface area (Å²) in [4.78, 5) is 11.8. The molecule has 6 nitrogen and oxygen atoms in total. The summed E-state index contributed by atoms with van der Waals surface area (Å²) in [6.45, 7) is 4.35. The van der Waals surface area contributed by atoms with Crippen molar-refractivity contribution in [2.75, 3.05) is 28.4 Å². The van der Waals surface area contributed by atoms with Gasteiger partial charge in [0.1, 0.15) is 17.5 Å². The van der Waals surface area contributed by atoms with E-state index in [2.05, 4.69) is 19.0 Å². The second-order valence-electron chi connectivity index (χ2n) is 7.54. The van der Waals surface area contributed by atoms with Crippen molar-refractivity contribution in [3.05, 3.63) is 51.9 Å². The Morgan fingerprint density at radius 2 is 1.57 bits per heavy atom. The molecule has 1 aliphatic carbocycles. The quantitative estimate of drug-likeness (QED) is 0.655. The zero-order valence-electron chi connectivity index (χ0n) is 17.2. The molecule has 2 atom stereocenters. The molecule has 0 saturated carbocycles. The summed E-state index contributed by atoms with van der Waals surface area (Å²) in [7, 11) is 6.46. The van der Waals surface area contributed by atoms with Gasteiger partial charge in [-0.05, 0) is 47.1 Å². The molecule has 0 fully saturated rings. The van der Waals surface area contributed by atoms with Crippen LogP contribution in [0.4, 0.5) is 0 Å². The molecule has 0 saturated heterocycles. The van der Waals surface area contributed by atoms with Gasteiger partial charge in [0.05, 0.1) is 28.4 Å². The van der Waals surface area contributed by atoms with Gasteiger partial charge in [0.2, 0.25) is 0 Å². The van der Waals surface area contributed by atoms with Crippen LogP contribution in [0.3, 0.4) is 0 Å². The SMILES string of the molecule is COc1cc(OC)c2c(c1)C(C)(C)C(c1ccc(OC)c(OC)c1)CC2N=O. The standard InChI is InChI=1S/C22H27NO5/c1-22(2)15(13-7-8-18(26-4)19(9-13)27-5)12-17(23-24)21-16(22)10-14(25-3)11-20(21)28-6/h7-11,15,17H,12H2,1-6H3. The van der Waals surface area contributed by atoms with Crippen LogP contribution in [0.15, 0.2) is 35.5 Å². The molecule has 0 bridgehead atoms. The number of ether oxygens (including phenoxy) is 4. The van der Waals surface area contributed by atoms with E-state index in [9.17, 15) is 4.91 Å². The fourth-order valence-corrected chi connectivity index (χ4v) is 4.31. The maximum absolute atomic E-state index is 11.8. The molecule has 0 spiro atoms. The molecule has 0 heterocycles. The van der Waals surface area contributed by atoms with Crippen LogP contribution in [0.25, 0.3) is 0 Å². The number of nitrogens with zero attached hydrogens (tertiary/aromatic N) is 1. The number of hydrogen-bond acceptors (Lipinski definition) is 6. The van der Waals surface area contributed by atoms with Crippen molar-refractivity contribution in [2.45, 2.75) is 37.6 Å². The summed E-state index contributed by atoms with van der Waals surface area (Å²) in [5.41, 5.74) is 2.65. The molecule has 0 amide bonds. The third-order valence-corrected chi connectivity index (χ3v) is 5.87. The molecule has 28 heavy (non-hydrogen) atoms. The highest BCUT2D eigenvalue weighted by Gasteiger charge is 2.44. The predicted molar refractivity (Wildman–Crippen MR) is 108 cm³/mol. The summed E-state index contributed by atoms with van der Waals surface area (Å²) < 4.78 is 21.9. The molecule has 2 aromatic rings. The zero-order valence-corrected chi connectivity index (χ0v) is 17.2. The first-order valence-electron chi connectivity index (χ1n) is 9.22. The smallest absolute Gasteiger partial charge is 0.160 e. The lowest BCUT2D eigenvalue weighted by atomic mass is 9.61. The van der Waals surface area contributed by atoms with E-state index in [1.807, 2.05) is 30.3 Å². The van der Waals surface area contributed by atoms with E-state index < -0.39 is 6.04 Å². The topological polar surface area (TPSA) is 66.3 Å². The molecule has 2 unspecified atom stereocenters. The lowest BCUT2D eigenvalue weighted by molar-refractivity contribution is 0.314. The van der Waals surface area contributed by atoms with Crippen molar-refractivity contribution < 1.29 is 18.9 Å². The van der Waals surface area contributed by atoms with Crippen molar-refractivity contribution in [2.24, 2.45) is 5.18 Å². The molecular formula is C22H27NO5. The third kappa shape index (κ3) is 3.17. The van der Waals surface area contributed by atoms with E-state index in [1.54, 1.807) is 28.4 Å². The van der Waals surface area contributed by atoms with Crippen molar-refractivity contribution in [3.8, 4) is 23.0 Å². The van der Waals surface area contributed by atoms with Crippen LogP contribution < -0.4 is 18.9 Å². The molecule has 3 rings (SSSR count). The molecule has 6 heteroatoms. The van der Waals surface area contributed by atoms with Gasteiger partial charge >= 0.3 is 0 Å². The van der Waals surface area contributed by atoms with Gasteiger partial charge in [-0.1, -0.05) is 25.1 Å². The monoisotopic (exact) mass is 385 g/mol. The van der Waals surface area contributed by atoms with Crippen LogP contribution in [-0.2, 0) is 5.41 Å². The Morgan fingerprint density at radius 3 is 2.14 bits per heavy atom. The van der Waals surface area contributed by atoms with E-state index in [0.717, 1.165) is 16.7 Å². The van der Waals surface area contributed by atoms with Gasteiger partial charge in [-0.25, -0.2) is 0 Å². The largest absolute Gasteiger partial charge is 0.497 e. The average molecular weight is 385 g/mol. The second kappa shape index (κ2) is 7.70. The van der Waals surface area contributed by atoms with Crippen LogP contribution in [0, 0.1) is 4.91 Å². The van der Waals surface area contributed by atoms with Gasteiger partial charge in [-0.2, -0.15) is 4.91 Å². The molecule has 0 aromatic heterocycles. The van der Waals surface area contributed by atoms with E-state index in [1.165, 1.54) is 0 Å². The van der Waals surface area contributed by atoms with Crippen molar-refractivity contribution >= 4 is 0 Å². The average Bonchev–Trinajstić information content (AvgIpc) is 2.72. The first kappa shape index (κ1) is 20.0. The summed E-state index contributed by atoms with van der Waals surface area (Å²) in [5, 5.41) is 3.44. The maximum atomic E-state index is 11.8. The Labute approximate surface area is 165 Å². The zero-order chi connectivity index (χ0) is 20.5. The summed E-state index contributed by atoms with van der Waals surface area (Å²) in [5.74, 6) is 2.73. The van der Waals surface area contributed by atoms with Gasteiger partial charge in [0.15, 0.2) is 11.5 Å². The van der Waals surface area contributed by atoms with Crippen LogP contribution >= 0.6 is 0 Å². The molecule has 2 aromatic carbocycles. The fraction of sp³-hybridized carbons (Fsp3) is 0.455. The van der Waals surface area contributed by atoms with Gasteiger partial charge in [-0.15, -0.1) is 0 Å². The van der Waals surface area contributed by atoms with Crippen molar-refractivity contribution in [3.63, 3.8) is 0 Å². The molecular weight excluding hydrogens is 358 g/mol. The minimum atomic E-state index is -0.498. The highest BCUT2D eigenvalue weighted by atomic mass is 16.5. The van der Waals surface area contributed by atoms with Crippen LogP contribution in [0.5, 0.6) is 23.0 Å². The molecule has 0 radical (unpaired) electrons. The van der Waals surface area contributed by atoms with Crippen LogP contribution in [0.2, 0.25) is 0 Å². The Bertz CT molecular complexity index is 877. The lowest BCUT2D eigenvalue weighted by Gasteiger charge is -2.43. The number of fused-ring (bicyclic) bond motifs is 1. The number of hydrogen-bond donors (Lipinski definition) is 0. The fourth-order valence-electron chi connectivity index (χ4n) is 4.31. The normalized spacial score (nSPS) is 20.1. The number of benzene rings is 2. The minimum absolute atomic E-state index is 0.0549. The van der Waals surface area contributed by atoms with Gasteiger partial charge < -0.3 is 18.9 Å². The van der Waals surface area contributed by atoms with Crippen LogP contribution in [-0.4, -0.2) is 28.4 Å². The van der Waals surface area contributed by atoms with Crippen molar-refractivity contribution in [1.82, 2.24) is 0 Å². The van der Waals surface area contributed by atoms with E-state index in [4.69, 9.17) is 18.9 Å².